The minimum atomic E-state index is -4.31. The molecule has 19 heteroatoms. The molecule has 0 amide bonds. The van der Waals surface area contributed by atoms with Crippen molar-refractivity contribution >= 4 is 29.3 Å². The zero-order valence-corrected chi connectivity index (χ0v) is 43.2. The molecule has 19 nitrogen and oxygen atoms in total. The summed E-state index contributed by atoms with van der Waals surface area (Å²) in [7, 11) is 0. The molecule has 1 saturated heterocycles. The molecule has 1 aliphatic rings. The average Bonchev–Trinajstić information content (AvgIpc) is 3.35. The maximum atomic E-state index is 14.9. The van der Waals surface area contributed by atoms with Crippen LogP contribution in [0.15, 0.2) is 0 Å². The molecular formula is C52H94O19. The molecule has 0 bridgehead atoms. The molecule has 1 aliphatic heterocycles. The molecular weight excluding hydrogens is 929 g/mol. The highest BCUT2D eigenvalue weighted by atomic mass is 16.8. The highest BCUT2D eigenvalue weighted by Gasteiger charge is 2.77. The van der Waals surface area contributed by atoms with E-state index in [1.54, 1.807) is 0 Å². The van der Waals surface area contributed by atoms with Crippen molar-refractivity contribution in [2.24, 2.45) is 11.3 Å². The Balaban J connectivity index is 3.47. The van der Waals surface area contributed by atoms with Crippen LogP contribution in [-0.4, -0.2) is 160 Å². The molecule has 9 atom stereocenters. The van der Waals surface area contributed by atoms with Gasteiger partial charge in [0.05, 0.1) is 32.3 Å². The Hall–Kier alpha value is -2.53. The van der Waals surface area contributed by atoms with E-state index in [0.29, 0.717) is 19.8 Å². The van der Waals surface area contributed by atoms with Crippen molar-refractivity contribution in [2.45, 2.75) is 261 Å². The molecule has 0 aromatic rings. The van der Waals surface area contributed by atoms with Gasteiger partial charge in [0.25, 0.3) is 0 Å². The zero-order chi connectivity index (χ0) is 53.5. The molecule has 1 rings (SSSR count). The van der Waals surface area contributed by atoms with Gasteiger partial charge in [0.1, 0.15) is 24.4 Å². The van der Waals surface area contributed by atoms with E-state index < -0.39 is 128 Å². The molecule has 0 aromatic carbocycles. The normalized spacial score (nSPS) is 23.9. The molecule has 1 heterocycles. The number of aliphatic hydroxyl groups is 11. The van der Waals surface area contributed by atoms with E-state index in [1.807, 2.05) is 0 Å². The first-order valence-corrected chi connectivity index (χ1v) is 26.9. The van der Waals surface area contributed by atoms with Crippen LogP contribution in [0.4, 0.5) is 0 Å². The first-order valence-electron chi connectivity index (χ1n) is 26.9. The standard InChI is InChI=1S/C52H94O19/c1-4-6-8-10-12-14-16-18-19-21-23-25-27-29-31-33-43(60)70-51(67)47(64)42(37-56)69-49(3,66)52(51,68)71-48(65)50(45(62)40(58)35-54,46(63)41(59)36-55)38(44(61)39(57)34-53)32-30-28-26-24-22-20-17-15-13-11-9-7-5-2/h38-42,47,53-59,64,66-68H,4-37H2,1-3H3/t38?,39?,40?,41?,42-,47+,49?,50?,51+,52-/m1/s1. The maximum absolute atomic E-state index is 14.9. The lowest BCUT2D eigenvalue weighted by atomic mass is 9.62. The van der Waals surface area contributed by atoms with Crippen molar-refractivity contribution < 1.29 is 94.4 Å². The van der Waals surface area contributed by atoms with E-state index >= 15 is 0 Å². The number of carbonyl (C=O) groups is 5. The van der Waals surface area contributed by atoms with E-state index in [4.69, 9.17) is 14.2 Å². The third-order valence-electron chi connectivity index (χ3n) is 13.9. The van der Waals surface area contributed by atoms with Gasteiger partial charge in [-0.2, -0.15) is 0 Å². The fourth-order valence-corrected chi connectivity index (χ4v) is 9.50. The van der Waals surface area contributed by atoms with Crippen LogP contribution in [-0.2, 0) is 38.2 Å². The number of Topliss-reactive ketones (excluding diaryl/α,β-unsaturated/α-hetero) is 3. The lowest BCUT2D eigenvalue weighted by Crippen LogP contribution is -2.81. The van der Waals surface area contributed by atoms with Crippen molar-refractivity contribution in [3.8, 4) is 0 Å². The lowest BCUT2D eigenvalue weighted by Gasteiger charge is -2.55. The second-order valence-electron chi connectivity index (χ2n) is 19.8. The van der Waals surface area contributed by atoms with Crippen LogP contribution in [0.2, 0.25) is 0 Å². The smallest absolute Gasteiger partial charge is 0.334 e. The Kier molecular flexibility index (Phi) is 33.4. The maximum Gasteiger partial charge on any atom is 0.334 e. The van der Waals surface area contributed by atoms with Crippen molar-refractivity contribution in [3.05, 3.63) is 0 Å². The molecule has 1 fully saturated rings. The van der Waals surface area contributed by atoms with Crippen LogP contribution in [0.3, 0.4) is 0 Å². The summed E-state index contributed by atoms with van der Waals surface area (Å²) in [6, 6.07) is 0. The third kappa shape index (κ3) is 19.9. The third-order valence-corrected chi connectivity index (χ3v) is 13.9. The molecule has 0 radical (unpaired) electrons. The van der Waals surface area contributed by atoms with Gasteiger partial charge in [0.2, 0.25) is 5.79 Å². The molecule has 416 valence electrons. The van der Waals surface area contributed by atoms with Gasteiger partial charge in [0, 0.05) is 6.42 Å². The van der Waals surface area contributed by atoms with Crippen LogP contribution >= 0.6 is 0 Å². The van der Waals surface area contributed by atoms with Gasteiger partial charge in [-0.05, 0) is 19.8 Å². The van der Waals surface area contributed by atoms with E-state index in [-0.39, 0.29) is 19.3 Å². The number of rotatable bonds is 44. The molecule has 0 aliphatic carbocycles. The summed E-state index contributed by atoms with van der Waals surface area (Å²) in [6.07, 6.45) is 12.6. The predicted molar refractivity (Wildman–Crippen MR) is 261 cm³/mol. The van der Waals surface area contributed by atoms with Gasteiger partial charge < -0.3 is 70.4 Å². The number of esters is 2. The topological polar surface area (TPSA) is 336 Å². The number of ether oxygens (including phenoxy) is 3. The number of carbonyl (C=O) groups excluding carboxylic acids is 5. The summed E-state index contributed by atoms with van der Waals surface area (Å²) in [5.74, 6) is -24.0. The lowest BCUT2D eigenvalue weighted by molar-refractivity contribution is -0.507. The van der Waals surface area contributed by atoms with Crippen LogP contribution in [0.25, 0.3) is 0 Å². The van der Waals surface area contributed by atoms with Crippen molar-refractivity contribution in [2.75, 3.05) is 26.4 Å². The Bertz CT molecular complexity index is 1490. The quantitative estimate of drug-likeness (QED) is 0.0178. The molecule has 11 N–H and O–H groups in total. The van der Waals surface area contributed by atoms with Crippen LogP contribution in [0, 0.1) is 11.3 Å². The molecule has 0 saturated carbocycles. The largest absolute Gasteiger partial charge is 0.423 e. The minimum absolute atomic E-state index is 0.102. The van der Waals surface area contributed by atoms with Gasteiger partial charge in [-0.3, -0.25) is 24.0 Å². The Labute approximate surface area is 421 Å². The highest BCUT2D eigenvalue weighted by molar-refractivity contribution is 6.27. The Morgan fingerprint density at radius 1 is 0.535 bits per heavy atom. The van der Waals surface area contributed by atoms with Crippen molar-refractivity contribution in [1.82, 2.24) is 0 Å². The SMILES string of the molecule is CCCCCCCCCCCCCCCCCC(=O)O[C@@]1(O)[C@@H](O)[C@@H](CO)OC(C)(O)[C@@]1(O)OC(=O)C(C(=O)C(O)CO)(C(=O)C(O)CO)C(CCCCCCCCCCCCCCC)C(=O)C(O)CO. The zero-order valence-electron chi connectivity index (χ0n) is 43.2. The van der Waals surface area contributed by atoms with Gasteiger partial charge in [0.15, 0.2) is 28.9 Å². The summed E-state index contributed by atoms with van der Waals surface area (Å²) in [4.78, 5) is 71.2. The molecule has 0 spiro atoms. The molecule has 0 aromatic heterocycles. The number of hydrogen-bond acceptors (Lipinski definition) is 19. The van der Waals surface area contributed by atoms with E-state index in [0.717, 1.165) is 77.0 Å². The van der Waals surface area contributed by atoms with Crippen LogP contribution < -0.4 is 0 Å². The van der Waals surface area contributed by atoms with Gasteiger partial charge >= 0.3 is 23.5 Å². The van der Waals surface area contributed by atoms with Gasteiger partial charge in [-0.25, -0.2) is 0 Å². The van der Waals surface area contributed by atoms with Crippen molar-refractivity contribution in [1.29, 1.82) is 0 Å². The number of hydrogen-bond donors (Lipinski definition) is 11. The average molecular weight is 1020 g/mol. The summed E-state index contributed by atoms with van der Waals surface area (Å²) in [5, 5.41) is 119. The van der Waals surface area contributed by atoms with Crippen LogP contribution in [0.1, 0.15) is 213 Å². The number of aliphatic hydroxyl groups excluding tert-OH is 8. The van der Waals surface area contributed by atoms with E-state index in [9.17, 15) is 80.1 Å². The van der Waals surface area contributed by atoms with Crippen LogP contribution in [0.5, 0.6) is 0 Å². The summed E-state index contributed by atoms with van der Waals surface area (Å²) in [6.45, 7) is -0.780. The minimum Gasteiger partial charge on any atom is -0.423 e. The summed E-state index contributed by atoms with van der Waals surface area (Å²) in [5.41, 5.74) is -3.99. The van der Waals surface area contributed by atoms with Gasteiger partial charge in [-0.1, -0.05) is 187 Å². The van der Waals surface area contributed by atoms with E-state index in [1.165, 1.54) is 70.6 Å². The second-order valence-corrected chi connectivity index (χ2v) is 19.8. The second kappa shape index (κ2) is 35.6. The first-order chi connectivity index (χ1) is 33.8. The summed E-state index contributed by atoms with van der Waals surface area (Å²) >= 11 is 0. The highest BCUT2D eigenvalue weighted by Crippen LogP contribution is 2.48. The van der Waals surface area contributed by atoms with Gasteiger partial charge in [-0.15, -0.1) is 0 Å². The Morgan fingerprint density at radius 2 is 0.887 bits per heavy atom. The molecule has 5 unspecified atom stereocenters. The monoisotopic (exact) mass is 1020 g/mol. The first kappa shape index (κ1) is 66.5. The predicted octanol–water partition coefficient (Wildman–Crippen LogP) is 4.02. The number of unbranched alkanes of at least 4 members (excludes halogenated alkanes) is 26. The fourth-order valence-electron chi connectivity index (χ4n) is 9.50. The Morgan fingerprint density at radius 3 is 1.24 bits per heavy atom. The molecule has 71 heavy (non-hydrogen) atoms. The number of ketones is 3. The fraction of sp³-hybridized carbons (Fsp3) is 0.904. The van der Waals surface area contributed by atoms with E-state index in [2.05, 4.69) is 13.8 Å². The van der Waals surface area contributed by atoms with Crippen molar-refractivity contribution in [3.63, 3.8) is 0 Å². The summed E-state index contributed by atoms with van der Waals surface area (Å²) < 4.78 is 15.6.